The van der Waals surface area contributed by atoms with Gasteiger partial charge in [0.2, 0.25) is 0 Å². The van der Waals surface area contributed by atoms with Crippen LogP contribution in [0.15, 0.2) is 30.5 Å². The van der Waals surface area contributed by atoms with E-state index in [9.17, 15) is 23.1 Å². The van der Waals surface area contributed by atoms with E-state index in [1.165, 1.54) is 25.3 Å². The Bertz CT molecular complexity index is 1170. The number of nitrogen functional groups attached to an aromatic ring is 1. The van der Waals surface area contributed by atoms with Crippen LogP contribution in [0.3, 0.4) is 0 Å². The molecular formula is C20H14ClF3IN3O2. The lowest BCUT2D eigenvalue weighted by atomic mass is 9.94. The molecule has 0 aliphatic rings. The number of hydrogen-bond donors (Lipinski definition) is 3. The van der Waals surface area contributed by atoms with Crippen molar-refractivity contribution in [1.82, 2.24) is 4.98 Å². The summed E-state index contributed by atoms with van der Waals surface area (Å²) in [6, 6.07) is 6.03. The van der Waals surface area contributed by atoms with E-state index in [2.05, 4.69) is 10.3 Å². The number of carboxylic acid groups (broad SMARTS) is 1. The van der Waals surface area contributed by atoms with Crippen molar-refractivity contribution in [1.29, 1.82) is 0 Å². The van der Waals surface area contributed by atoms with E-state index in [0.717, 1.165) is 3.57 Å². The average Bonchev–Trinajstić information content (AvgIpc) is 2.68. The number of benzene rings is 2. The number of nitrogens with two attached hydrogens (primary N) is 1. The molecule has 1 aromatic heterocycles. The molecule has 0 radical (unpaired) electrons. The van der Waals surface area contributed by atoms with E-state index in [1.54, 1.807) is 12.1 Å². The molecule has 0 fully saturated rings. The third-order valence-electron chi connectivity index (χ3n) is 4.52. The molecule has 0 saturated carbocycles. The molecule has 156 valence electrons. The van der Waals surface area contributed by atoms with E-state index >= 15 is 0 Å². The molecule has 0 aliphatic carbocycles. The summed E-state index contributed by atoms with van der Waals surface area (Å²) in [5.74, 6) is -5.45. The van der Waals surface area contributed by atoms with E-state index < -0.39 is 46.9 Å². The highest BCUT2D eigenvalue weighted by atomic mass is 127. The second-order valence-electron chi connectivity index (χ2n) is 6.38. The molecule has 3 rings (SSSR count). The Kier molecular flexibility index (Phi) is 6.41. The lowest BCUT2D eigenvalue weighted by Gasteiger charge is -2.18. The van der Waals surface area contributed by atoms with Crippen molar-refractivity contribution < 1.29 is 23.1 Å². The standard InChI is InChI=1S/C20H14ClF3IN3O2/c1-8-11(6-9-4-5-27-19(26)15(9)22)16(23)17(24)18(14(8)20(29)30)28-13-3-2-10(25)7-12(13)21/h2-5,7,28H,6H2,1H3,(H2,26,27)(H,29,30). The van der Waals surface area contributed by atoms with Gasteiger partial charge in [0.15, 0.2) is 23.3 Å². The van der Waals surface area contributed by atoms with Crippen molar-refractivity contribution in [3.8, 4) is 0 Å². The largest absolute Gasteiger partial charge is 0.478 e. The molecule has 1 heterocycles. The van der Waals surface area contributed by atoms with Crippen LogP contribution in [0.5, 0.6) is 0 Å². The SMILES string of the molecule is Cc1c(Cc2ccnc(N)c2F)c(F)c(F)c(Nc2ccc(I)cc2Cl)c1C(=O)O. The number of aromatic nitrogens is 1. The van der Waals surface area contributed by atoms with Crippen LogP contribution in [0.4, 0.5) is 30.4 Å². The van der Waals surface area contributed by atoms with Crippen molar-refractivity contribution in [2.45, 2.75) is 13.3 Å². The summed E-state index contributed by atoms with van der Waals surface area (Å²) >= 11 is 8.15. The van der Waals surface area contributed by atoms with Gasteiger partial charge in [-0.25, -0.2) is 22.9 Å². The summed E-state index contributed by atoms with van der Waals surface area (Å²) < 4.78 is 44.9. The van der Waals surface area contributed by atoms with Gasteiger partial charge in [-0.05, 0) is 70.5 Å². The quantitative estimate of drug-likeness (QED) is 0.358. The predicted octanol–water partition coefficient (Wildman–Crippen LogP) is 5.68. The first-order valence-electron chi connectivity index (χ1n) is 8.46. The summed E-state index contributed by atoms with van der Waals surface area (Å²) in [5.41, 5.74) is 4.18. The predicted molar refractivity (Wildman–Crippen MR) is 117 cm³/mol. The number of rotatable bonds is 5. The van der Waals surface area contributed by atoms with Crippen LogP contribution in [0.1, 0.15) is 27.0 Å². The Hall–Kier alpha value is -2.53. The fourth-order valence-corrected chi connectivity index (χ4v) is 3.91. The van der Waals surface area contributed by atoms with Gasteiger partial charge in [0.25, 0.3) is 0 Å². The van der Waals surface area contributed by atoms with Gasteiger partial charge in [0.05, 0.1) is 22.0 Å². The Morgan fingerprint density at radius 2 is 1.93 bits per heavy atom. The van der Waals surface area contributed by atoms with E-state index in [1.807, 2.05) is 22.6 Å². The third kappa shape index (κ3) is 4.17. The molecule has 10 heteroatoms. The molecule has 0 saturated heterocycles. The highest BCUT2D eigenvalue weighted by Gasteiger charge is 2.27. The summed E-state index contributed by atoms with van der Waals surface area (Å²) in [5, 5.41) is 12.5. The van der Waals surface area contributed by atoms with Crippen molar-refractivity contribution in [2.75, 3.05) is 11.1 Å². The molecular weight excluding hydrogens is 534 g/mol. The van der Waals surface area contributed by atoms with Gasteiger partial charge in [0.1, 0.15) is 0 Å². The zero-order valence-corrected chi connectivity index (χ0v) is 18.3. The monoisotopic (exact) mass is 547 g/mol. The van der Waals surface area contributed by atoms with E-state index in [0.29, 0.717) is 0 Å². The first kappa shape index (κ1) is 22.2. The van der Waals surface area contributed by atoms with Crippen molar-refractivity contribution in [3.05, 3.63) is 78.8 Å². The van der Waals surface area contributed by atoms with E-state index in [-0.39, 0.29) is 27.4 Å². The zero-order chi connectivity index (χ0) is 22.2. The van der Waals surface area contributed by atoms with Crippen LogP contribution < -0.4 is 11.1 Å². The molecule has 0 amide bonds. The fourth-order valence-electron chi connectivity index (χ4n) is 3.00. The molecule has 0 bridgehead atoms. The van der Waals surface area contributed by atoms with Crippen LogP contribution in [0.25, 0.3) is 0 Å². The number of hydrogen-bond acceptors (Lipinski definition) is 4. The molecule has 2 aromatic carbocycles. The molecule has 0 aliphatic heterocycles. The Morgan fingerprint density at radius 3 is 2.57 bits per heavy atom. The zero-order valence-electron chi connectivity index (χ0n) is 15.4. The maximum Gasteiger partial charge on any atom is 0.338 e. The second-order valence-corrected chi connectivity index (χ2v) is 8.03. The first-order valence-corrected chi connectivity index (χ1v) is 9.92. The number of anilines is 3. The van der Waals surface area contributed by atoms with E-state index in [4.69, 9.17) is 17.3 Å². The maximum atomic E-state index is 15.0. The summed E-state index contributed by atoms with van der Waals surface area (Å²) in [7, 11) is 0. The number of carboxylic acids is 1. The maximum absolute atomic E-state index is 15.0. The minimum Gasteiger partial charge on any atom is -0.478 e. The summed E-state index contributed by atoms with van der Waals surface area (Å²) in [6.45, 7) is 1.32. The minimum absolute atomic E-state index is 0.0402. The highest BCUT2D eigenvalue weighted by molar-refractivity contribution is 14.1. The molecule has 0 spiro atoms. The topological polar surface area (TPSA) is 88.2 Å². The molecule has 3 aromatic rings. The third-order valence-corrected chi connectivity index (χ3v) is 5.51. The van der Waals surface area contributed by atoms with Gasteiger partial charge in [-0.15, -0.1) is 0 Å². The summed E-state index contributed by atoms with van der Waals surface area (Å²) in [4.78, 5) is 15.5. The van der Waals surface area contributed by atoms with Gasteiger partial charge < -0.3 is 16.2 Å². The number of nitrogens with one attached hydrogen (secondary N) is 1. The average molecular weight is 548 g/mol. The Labute approximate surface area is 188 Å². The Morgan fingerprint density at radius 1 is 1.23 bits per heavy atom. The van der Waals surface area contributed by atoms with Gasteiger partial charge >= 0.3 is 5.97 Å². The van der Waals surface area contributed by atoms with Crippen LogP contribution >= 0.6 is 34.2 Å². The molecule has 5 nitrogen and oxygen atoms in total. The van der Waals surface area contributed by atoms with Gasteiger partial charge in [-0.3, -0.25) is 0 Å². The fraction of sp³-hybridized carbons (Fsp3) is 0.100. The van der Waals surface area contributed by atoms with Crippen molar-refractivity contribution in [2.24, 2.45) is 0 Å². The normalized spacial score (nSPS) is 10.9. The summed E-state index contributed by atoms with van der Waals surface area (Å²) in [6.07, 6.45) is 0.822. The van der Waals surface area contributed by atoms with Gasteiger partial charge in [-0.1, -0.05) is 11.6 Å². The molecule has 4 N–H and O–H groups in total. The Balaban J connectivity index is 2.16. The number of aromatic carboxylic acids is 1. The van der Waals surface area contributed by atoms with Crippen molar-refractivity contribution in [3.63, 3.8) is 0 Å². The lowest BCUT2D eigenvalue weighted by molar-refractivity contribution is 0.0696. The lowest BCUT2D eigenvalue weighted by Crippen LogP contribution is -2.14. The highest BCUT2D eigenvalue weighted by Crippen LogP contribution is 2.36. The van der Waals surface area contributed by atoms with Crippen LogP contribution in [0, 0.1) is 27.9 Å². The number of halogens is 5. The van der Waals surface area contributed by atoms with Crippen molar-refractivity contribution >= 4 is 57.4 Å². The number of pyridine rings is 1. The molecule has 0 atom stereocenters. The second kappa shape index (κ2) is 8.68. The molecule has 0 unspecified atom stereocenters. The van der Waals surface area contributed by atoms with Crippen LogP contribution in [-0.2, 0) is 6.42 Å². The smallest absolute Gasteiger partial charge is 0.338 e. The first-order chi connectivity index (χ1) is 14.1. The van der Waals surface area contributed by atoms with Gasteiger partial charge in [-0.2, -0.15) is 0 Å². The molecule has 30 heavy (non-hydrogen) atoms. The minimum atomic E-state index is -1.48. The number of nitrogens with zero attached hydrogens (tertiary/aromatic N) is 1. The van der Waals surface area contributed by atoms with Crippen LogP contribution in [0.2, 0.25) is 5.02 Å². The number of carbonyl (C=O) groups is 1. The van der Waals surface area contributed by atoms with Crippen LogP contribution in [-0.4, -0.2) is 16.1 Å². The van der Waals surface area contributed by atoms with Gasteiger partial charge in [0, 0.05) is 16.2 Å².